The van der Waals surface area contributed by atoms with E-state index in [4.69, 9.17) is 16.7 Å². The summed E-state index contributed by atoms with van der Waals surface area (Å²) < 4.78 is 28.4. The highest BCUT2D eigenvalue weighted by Gasteiger charge is 2.36. The number of halogens is 1. The van der Waals surface area contributed by atoms with Crippen LogP contribution < -0.4 is 4.72 Å². The summed E-state index contributed by atoms with van der Waals surface area (Å²) in [6, 6.07) is 3.33. The molecule has 0 unspecified atom stereocenters. The Morgan fingerprint density at radius 3 is 2.93 bits per heavy atom. The average molecular weight is 404 g/mol. The molecule has 0 radical (unpaired) electrons. The topological polar surface area (TPSA) is 109 Å². The van der Waals surface area contributed by atoms with Gasteiger partial charge in [-0.05, 0) is 25.0 Å². The van der Waals surface area contributed by atoms with Crippen LogP contribution in [0.1, 0.15) is 18.4 Å². The predicted molar refractivity (Wildman–Crippen MR) is 101 cm³/mol. The molecular weight excluding hydrogens is 390 g/mol. The molecule has 3 aromatic rings. The van der Waals surface area contributed by atoms with Crippen molar-refractivity contribution in [1.82, 2.24) is 19.6 Å². The largest absolute Gasteiger partial charge is 0.384 e. The number of nitrogens with zero attached hydrogens (tertiary/aromatic N) is 4. The van der Waals surface area contributed by atoms with Gasteiger partial charge in [0.2, 0.25) is 10.0 Å². The molecule has 10 heteroatoms. The van der Waals surface area contributed by atoms with E-state index in [1.165, 1.54) is 6.20 Å². The van der Waals surface area contributed by atoms with Gasteiger partial charge in [-0.25, -0.2) is 22.9 Å². The molecule has 0 aliphatic heterocycles. The van der Waals surface area contributed by atoms with Crippen LogP contribution in [0.2, 0.25) is 5.15 Å². The van der Waals surface area contributed by atoms with Crippen molar-refractivity contribution in [3.8, 4) is 23.1 Å². The Hall–Kier alpha value is -2.67. The lowest BCUT2D eigenvalue weighted by molar-refractivity contribution is 0.350. The van der Waals surface area contributed by atoms with Crippen LogP contribution in [0.3, 0.4) is 0 Å². The normalized spacial score (nSPS) is 14.0. The molecular formula is C17H14ClN5O3S. The third kappa shape index (κ3) is 3.60. The van der Waals surface area contributed by atoms with Gasteiger partial charge in [0.25, 0.3) is 0 Å². The summed E-state index contributed by atoms with van der Waals surface area (Å²) in [5.74, 6) is 5.36. The average Bonchev–Trinajstić information content (AvgIpc) is 3.44. The first-order chi connectivity index (χ1) is 13.0. The van der Waals surface area contributed by atoms with Gasteiger partial charge in [-0.3, -0.25) is 4.72 Å². The summed E-state index contributed by atoms with van der Waals surface area (Å²) in [6.45, 7) is -0.261. The minimum Gasteiger partial charge on any atom is -0.384 e. The molecule has 1 fully saturated rings. The molecule has 138 valence electrons. The number of pyridine rings is 1. The first-order valence-electron chi connectivity index (χ1n) is 8.09. The van der Waals surface area contributed by atoms with Crippen molar-refractivity contribution in [3.05, 3.63) is 41.4 Å². The summed E-state index contributed by atoms with van der Waals surface area (Å²) in [4.78, 5) is 8.60. The summed E-state index contributed by atoms with van der Waals surface area (Å²) in [5.41, 5.74) is 2.46. The third-order valence-electron chi connectivity index (χ3n) is 4.02. The molecule has 0 aromatic carbocycles. The van der Waals surface area contributed by atoms with Gasteiger partial charge < -0.3 is 5.11 Å². The molecule has 3 heterocycles. The minimum absolute atomic E-state index is 0.0721. The van der Waals surface area contributed by atoms with Crippen LogP contribution in [0.25, 0.3) is 16.9 Å². The van der Waals surface area contributed by atoms with Crippen LogP contribution >= 0.6 is 11.6 Å². The zero-order valence-electron chi connectivity index (χ0n) is 13.9. The summed E-state index contributed by atoms with van der Waals surface area (Å²) in [6.07, 6.45) is 6.09. The zero-order chi connectivity index (χ0) is 19.0. The lowest BCUT2D eigenvalue weighted by Gasteiger charge is -2.10. The molecule has 1 aliphatic carbocycles. The second-order valence-corrected chi connectivity index (χ2v) is 8.33. The van der Waals surface area contributed by atoms with Crippen molar-refractivity contribution in [1.29, 1.82) is 0 Å². The second-order valence-electron chi connectivity index (χ2n) is 6.01. The van der Waals surface area contributed by atoms with Crippen LogP contribution in [0, 0.1) is 11.8 Å². The Kier molecular flexibility index (Phi) is 4.47. The number of aromatic nitrogens is 4. The number of hydrogen-bond donors (Lipinski definition) is 2. The fourth-order valence-electron chi connectivity index (χ4n) is 2.53. The number of fused-ring (bicyclic) bond motifs is 1. The monoisotopic (exact) mass is 403 g/mol. The molecule has 8 nitrogen and oxygen atoms in total. The van der Waals surface area contributed by atoms with E-state index in [1.807, 2.05) is 0 Å². The predicted octanol–water partition coefficient (Wildman–Crippen LogP) is 1.69. The van der Waals surface area contributed by atoms with E-state index in [1.54, 1.807) is 29.0 Å². The molecule has 0 amide bonds. The van der Waals surface area contributed by atoms with Crippen molar-refractivity contribution >= 4 is 33.0 Å². The first kappa shape index (κ1) is 17.7. The number of aliphatic hydroxyl groups excluding tert-OH is 1. The number of aliphatic hydroxyl groups is 1. The van der Waals surface area contributed by atoms with Crippen molar-refractivity contribution < 1.29 is 13.5 Å². The maximum absolute atomic E-state index is 12.2. The summed E-state index contributed by atoms with van der Waals surface area (Å²) >= 11 is 6.06. The number of sulfonamides is 1. The van der Waals surface area contributed by atoms with E-state index in [-0.39, 0.29) is 22.7 Å². The van der Waals surface area contributed by atoms with Crippen molar-refractivity contribution in [2.45, 2.75) is 18.1 Å². The van der Waals surface area contributed by atoms with Gasteiger partial charge in [0.1, 0.15) is 6.61 Å². The van der Waals surface area contributed by atoms with Crippen LogP contribution in [-0.2, 0) is 10.0 Å². The molecule has 0 atom stereocenters. The number of nitrogens with one attached hydrogen (secondary N) is 1. The maximum atomic E-state index is 12.2. The van der Waals surface area contributed by atoms with Crippen molar-refractivity contribution in [2.24, 2.45) is 0 Å². The quantitative estimate of drug-likeness (QED) is 0.506. The van der Waals surface area contributed by atoms with Crippen LogP contribution in [-0.4, -0.2) is 45.0 Å². The molecule has 27 heavy (non-hydrogen) atoms. The van der Waals surface area contributed by atoms with E-state index in [0.717, 1.165) is 0 Å². The van der Waals surface area contributed by atoms with E-state index in [9.17, 15) is 8.42 Å². The highest BCUT2D eigenvalue weighted by molar-refractivity contribution is 7.93. The molecule has 1 saturated carbocycles. The van der Waals surface area contributed by atoms with Crippen molar-refractivity contribution in [3.63, 3.8) is 0 Å². The molecule has 1 aliphatic rings. The Bertz CT molecular complexity index is 1190. The molecule has 3 aromatic heterocycles. The second kappa shape index (κ2) is 6.81. The fraction of sp³-hybridized carbons (Fsp3) is 0.235. The van der Waals surface area contributed by atoms with Gasteiger partial charge in [0.15, 0.2) is 10.8 Å². The van der Waals surface area contributed by atoms with Crippen LogP contribution in [0.4, 0.5) is 5.69 Å². The van der Waals surface area contributed by atoms with Gasteiger partial charge in [0, 0.05) is 18.0 Å². The maximum Gasteiger partial charge on any atom is 0.235 e. The van der Waals surface area contributed by atoms with Gasteiger partial charge >= 0.3 is 0 Å². The summed E-state index contributed by atoms with van der Waals surface area (Å²) in [7, 11) is -3.46. The summed E-state index contributed by atoms with van der Waals surface area (Å²) in [5, 5.41) is 12.7. The Labute approximate surface area is 160 Å². The Morgan fingerprint density at radius 1 is 1.37 bits per heavy atom. The minimum atomic E-state index is -3.46. The molecule has 2 N–H and O–H groups in total. The first-order valence-corrected chi connectivity index (χ1v) is 10.0. The van der Waals surface area contributed by atoms with E-state index >= 15 is 0 Å². The van der Waals surface area contributed by atoms with E-state index in [2.05, 4.69) is 31.6 Å². The third-order valence-corrected chi connectivity index (χ3v) is 6.18. The lowest BCUT2D eigenvalue weighted by atomic mass is 10.2. The number of rotatable bonds is 4. The number of anilines is 1. The SMILES string of the molecule is O=S(=O)(Nc1cc(-c2ccn3ncc(C#CCO)c3n2)cnc1Cl)C1CC1. The fourth-order valence-corrected chi connectivity index (χ4v) is 4.12. The van der Waals surface area contributed by atoms with E-state index in [0.29, 0.717) is 35.3 Å². The Balaban J connectivity index is 1.73. The standard InChI is InChI=1S/C17H14ClN5O3S/c18-16-15(22-27(25,26)13-3-4-13)8-12(9-19-16)14-5-6-23-17(21-14)11(10-20-23)2-1-7-24/h5-6,8-10,13,22,24H,3-4,7H2. The highest BCUT2D eigenvalue weighted by atomic mass is 35.5. The van der Waals surface area contributed by atoms with Gasteiger partial charge in [-0.2, -0.15) is 5.10 Å². The zero-order valence-corrected chi connectivity index (χ0v) is 15.5. The molecule has 0 spiro atoms. The van der Waals surface area contributed by atoms with Crippen molar-refractivity contribution in [2.75, 3.05) is 11.3 Å². The molecule has 0 bridgehead atoms. The van der Waals surface area contributed by atoms with Gasteiger partial charge in [-0.1, -0.05) is 23.4 Å². The van der Waals surface area contributed by atoms with Crippen LogP contribution in [0.15, 0.2) is 30.7 Å². The smallest absolute Gasteiger partial charge is 0.235 e. The Morgan fingerprint density at radius 2 is 2.19 bits per heavy atom. The van der Waals surface area contributed by atoms with Gasteiger partial charge in [0.05, 0.1) is 28.4 Å². The molecule has 0 saturated heterocycles. The van der Waals surface area contributed by atoms with Gasteiger partial charge in [-0.15, -0.1) is 0 Å². The molecule has 4 rings (SSSR count). The number of hydrogen-bond acceptors (Lipinski definition) is 6. The lowest BCUT2D eigenvalue weighted by Crippen LogP contribution is -2.17. The van der Waals surface area contributed by atoms with Crippen LogP contribution in [0.5, 0.6) is 0 Å². The highest BCUT2D eigenvalue weighted by Crippen LogP contribution is 2.32. The van der Waals surface area contributed by atoms with E-state index < -0.39 is 10.0 Å².